The van der Waals surface area contributed by atoms with Crippen LogP contribution in [0.2, 0.25) is 0 Å². The number of alkyl halides is 3. The number of likely N-dealkylation sites (tertiary alicyclic amines) is 1. The third-order valence-electron chi connectivity index (χ3n) is 5.05. The molecule has 0 saturated carbocycles. The van der Waals surface area contributed by atoms with Crippen LogP contribution in [0.5, 0.6) is 0 Å². The van der Waals surface area contributed by atoms with Gasteiger partial charge in [0, 0.05) is 37.0 Å². The summed E-state index contributed by atoms with van der Waals surface area (Å²) in [6, 6.07) is 1.88. The van der Waals surface area contributed by atoms with E-state index >= 15 is 0 Å². The van der Waals surface area contributed by atoms with Crippen LogP contribution in [0.4, 0.5) is 13.2 Å². The highest BCUT2D eigenvalue weighted by atomic mass is 19.4. The lowest BCUT2D eigenvalue weighted by atomic mass is 9.91. The normalized spacial score (nSPS) is 18.1. The maximum atomic E-state index is 12.5. The molecule has 1 aliphatic rings. The highest BCUT2D eigenvalue weighted by Gasteiger charge is 2.32. The number of carbonyl (C=O) groups excluding carboxylic acids is 1. The van der Waals surface area contributed by atoms with E-state index in [0.717, 1.165) is 22.9 Å². The van der Waals surface area contributed by atoms with Gasteiger partial charge in [0.15, 0.2) is 11.3 Å². The molecule has 0 radical (unpaired) electrons. The number of amides is 1. The van der Waals surface area contributed by atoms with E-state index in [-0.39, 0.29) is 5.92 Å². The number of fused-ring (bicyclic) bond motifs is 3. The second-order valence-corrected chi connectivity index (χ2v) is 7.09. The molecule has 3 aromatic rings. The number of piperidine rings is 1. The maximum absolute atomic E-state index is 12.5. The number of aryl methyl sites for hydroxylation is 1. The van der Waals surface area contributed by atoms with E-state index in [9.17, 15) is 18.0 Å². The second-order valence-electron chi connectivity index (χ2n) is 7.09. The van der Waals surface area contributed by atoms with Crippen LogP contribution in [0.25, 0.3) is 22.1 Å². The summed E-state index contributed by atoms with van der Waals surface area (Å²) in [5.41, 5.74) is 1.88. The molecule has 1 atom stereocenters. The molecule has 1 amide bonds. The Kier molecular flexibility index (Phi) is 4.64. The predicted molar refractivity (Wildman–Crippen MR) is 95.6 cm³/mol. The lowest BCUT2D eigenvalue weighted by Gasteiger charge is -2.33. The van der Waals surface area contributed by atoms with Crippen molar-refractivity contribution < 1.29 is 18.0 Å². The first kappa shape index (κ1) is 18.6. The van der Waals surface area contributed by atoms with Crippen molar-refractivity contribution in [3.63, 3.8) is 0 Å². The van der Waals surface area contributed by atoms with Crippen molar-refractivity contribution in [1.82, 2.24) is 30.0 Å². The highest BCUT2D eigenvalue weighted by molar-refractivity contribution is 6.02. The Hall–Kier alpha value is -2.78. The minimum atomic E-state index is -4.33. The molecule has 7 nitrogen and oxygen atoms in total. The predicted octanol–water partition coefficient (Wildman–Crippen LogP) is 3.26. The van der Waals surface area contributed by atoms with Gasteiger partial charge in [-0.05, 0) is 25.8 Å². The first-order chi connectivity index (χ1) is 13.3. The highest BCUT2D eigenvalue weighted by Crippen LogP contribution is 2.33. The summed E-state index contributed by atoms with van der Waals surface area (Å²) in [6.07, 6.45) is -2.68. The molecule has 0 spiro atoms. The Labute approximate surface area is 158 Å². The Balaban J connectivity index is 1.66. The molecular formula is C18H19F3N6O. The lowest BCUT2D eigenvalue weighted by molar-refractivity contribution is -0.149. The average Bonchev–Trinajstić information content (AvgIpc) is 3.13. The van der Waals surface area contributed by atoms with Crippen LogP contribution in [0.1, 0.15) is 43.1 Å². The summed E-state index contributed by atoms with van der Waals surface area (Å²) in [5, 5.41) is 9.92. The van der Waals surface area contributed by atoms with Crippen molar-refractivity contribution in [3.8, 4) is 0 Å². The first-order valence-corrected chi connectivity index (χ1v) is 9.14. The number of nitrogens with one attached hydrogen (secondary N) is 1. The number of aromatic nitrogens is 5. The fraction of sp³-hybridized carbons (Fsp3) is 0.500. The Morgan fingerprint density at radius 1 is 1.32 bits per heavy atom. The van der Waals surface area contributed by atoms with E-state index < -0.39 is 24.9 Å². The van der Waals surface area contributed by atoms with Gasteiger partial charge in [0.2, 0.25) is 5.91 Å². The number of H-pyrrole nitrogens is 1. The van der Waals surface area contributed by atoms with Crippen LogP contribution in [0, 0.1) is 6.92 Å². The van der Waals surface area contributed by atoms with Gasteiger partial charge in [-0.25, -0.2) is 9.97 Å². The molecule has 28 heavy (non-hydrogen) atoms. The summed E-state index contributed by atoms with van der Waals surface area (Å²) >= 11 is 0. The van der Waals surface area contributed by atoms with E-state index in [0.29, 0.717) is 36.6 Å². The number of hydrogen-bond donors (Lipinski definition) is 1. The largest absolute Gasteiger partial charge is 0.389 e. The molecule has 1 unspecified atom stereocenters. The van der Waals surface area contributed by atoms with Gasteiger partial charge in [0.1, 0.15) is 5.82 Å². The number of hydrogen-bond acceptors (Lipinski definition) is 5. The molecule has 0 bridgehead atoms. The smallest absolute Gasteiger partial charge is 0.345 e. The van der Waals surface area contributed by atoms with E-state index in [1.807, 2.05) is 6.07 Å². The van der Waals surface area contributed by atoms with E-state index in [1.165, 1.54) is 4.90 Å². The number of rotatable bonds is 3. The zero-order valence-corrected chi connectivity index (χ0v) is 15.3. The van der Waals surface area contributed by atoms with Crippen molar-refractivity contribution >= 4 is 28.0 Å². The Morgan fingerprint density at radius 2 is 2.14 bits per heavy atom. The molecule has 1 fully saturated rings. The number of nitrogens with zero attached hydrogens (tertiary/aromatic N) is 5. The van der Waals surface area contributed by atoms with Gasteiger partial charge in [0.25, 0.3) is 0 Å². The van der Waals surface area contributed by atoms with Crippen molar-refractivity contribution in [2.75, 3.05) is 13.1 Å². The van der Waals surface area contributed by atoms with Crippen LogP contribution in [0.15, 0.2) is 12.3 Å². The van der Waals surface area contributed by atoms with Gasteiger partial charge in [0.05, 0.1) is 17.5 Å². The maximum Gasteiger partial charge on any atom is 0.389 e. The minimum absolute atomic E-state index is 0.0879. The Morgan fingerprint density at radius 3 is 2.93 bits per heavy atom. The molecular weight excluding hydrogens is 373 g/mol. The third kappa shape index (κ3) is 3.63. The fourth-order valence-corrected chi connectivity index (χ4v) is 3.78. The summed E-state index contributed by atoms with van der Waals surface area (Å²) in [5.74, 6) is -0.00835. The number of aromatic amines is 1. The van der Waals surface area contributed by atoms with Gasteiger partial charge in [-0.1, -0.05) is 0 Å². The summed E-state index contributed by atoms with van der Waals surface area (Å²) < 4.78 is 37.4. The second kappa shape index (κ2) is 6.99. The molecule has 3 aromatic heterocycles. The van der Waals surface area contributed by atoms with Gasteiger partial charge in [-0.2, -0.15) is 13.2 Å². The van der Waals surface area contributed by atoms with Gasteiger partial charge in [-0.15, -0.1) is 10.2 Å². The minimum Gasteiger partial charge on any atom is -0.345 e. The molecule has 1 saturated heterocycles. The summed E-state index contributed by atoms with van der Waals surface area (Å²) in [6.45, 7) is 2.58. The summed E-state index contributed by atoms with van der Waals surface area (Å²) in [4.78, 5) is 25.8. The fourth-order valence-electron chi connectivity index (χ4n) is 3.78. The number of carbonyl (C=O) groups is 1. The molecule has 10 heteroatoms. The Bertz CT molecular complexity index is 1030. The van der Waals surface area contributed by atoms with Gasteiger partial charge < -0.3 is 9.88 Å². The molecule has 4 heterocycles. The topological polar surface area (TPSA) is 87.7 Å². The van der Waals surface area contributed by atoms with E-state index in [1.54, 1.807) is 13.1 Å². The molecule has 1 N–H and O–H groups in total. The average molecular weight is 392 g/mol. The quantitative estimate of drug-likeness (QED) is 0.739. The molecule has 0 aromatic carbocycles. The van der Waals surface area contributed by atoms with Crippen LogP contribution >= 0.6 is 0 Å². The van der Waals surface area contributed by atoms with Crippen molar-refractivity contribution in [1.29, 1.82) is 0 Å². The lowest BCUT2D eigenvalue weighted by Crippen LogP contribution is -2.39. The zero-order valence-electron chi connectivity index (χ0n) is 15.3. The van der Waals surface area contributed by atoms with E-state index in [4.69, 9.17) is 0 Å². The van der Waals surface area contributed by atoms with Crippen molar-refractivity contribution in [3.05, 3.63) is 23.8 Å². The number of halogens is 3. The van der Waals surface area contributed by atoms with Gasteiger partial charge in [-0.3, -0.25) is 4.79 Å². The molecule has 0 aliphatic carbocycles. The van der Waals surface area contributed by atoms with Gasteiger partial charge >= 0.3 is 6.18 Å². The van der Waals surface area contributed by atoms with Crippen LogP contribution < -0.4 is 0 Å². The standard InChI is InChI=1S/C18H19F3N6O/c1-10-23-15(14-12-5-7-22-16(12)25-26-17(14)24-10)11-3-2-8-27(9-11)13(28)4-6-18(19,20)21/h5,7,11H,2-4,6,8-9H2,1H3,(H,22,25). The third-order valence-corrected chi connectivity index (χ3v) is 5.05. The molecule has 1 aliphatic heterocycles. The van der Waals surface area contributed by atoms with Crippen molar-refractivity contribution in [2.45, 2.75) is 44.7 Å². The molecule has 148 valence electrons. The van der Waals surface area contributed by atoms with Crippen LogP contribution in [-0.2, 0) is 4.79 Å². The monoisotopic (exact) mass is 392 g/mol. The summed E-state index contributed by atoms with van der Waals surface area (Å²) in [7, 11) is 0. The van der Waals surface area contributed by atoms with E-state index in [2.05, 4.69) is 25.1 Å². The molecule has 4 rings (SSSR count). The zero-order chi connectivity index (χ0) is 19.9. The van der Waals surface area contributed by atoms with Crippen LogP contribution in [0.3, 0.4) is 0 Å². The van der Waals surface area contributed by atoms with Crippen molar-refractivity contribution in [2.24, 2.45) is 0 Å². The SMILES string of the molecule is Cc1nc(C2CCCN(C(=O)CCC(F)(F)F)C2)c2c(nnc3[nH]ccc32)n1. The van der Waals surface area contributed by atoms with Crippen LogP contribution in [-0.4, -0.2) is 55.2 Å². The first-order valence-electron chi connectivity index (χ1n) is 9.14.